The number of nitrogens with zero attached hydrogens (tertiary/aromatic N) is 4. The van der Waals surface area contributed by atoms with Gasteiger partial charge in [0.15, 0.2) is 5.76 Å². The van der Waals surface area contributed by atoms with E-state index in [1.807, 2.05) is 18.2 Å². The van der Waals surface area contributed by atoms with E-state index in [0.29, 0.717) is 49.7 Å². The van der Waals surface area contributed by atoms with E-state index in [1.165, 1.54) is 4.31 Å². The van der Waals surface area contributed by atoms with Crippen LogP contribution in [0.4, 0.5) is 11.5 Å². The van der Waals surface area contributed by atoms with Gasteiger partial charge >= 0.3 is 0 Å². The Morgan fingerprint density at radius 2 is 1.82 bits per heavy atom. The van der Waals surface area contributed by atoms with E-state index in [1.54, 1.807) is 56.5 Å². The molecule has 9 nitrogen and oxygen atoms in total. The summed E-state index contributed by atoms with van der Waals surface area (Å²) in [6.45, 7) is 5.50. The van der Waals surface area contributed by atoms with Crippen molar-refractivity contribution in [2.45, 2.75) is 25.2 Å². The average molecular weight is 482 g/mol. The maximum absolute atomic E-state index is 13.1. The summed E-state index contributed by atoms with van der Waals surface area (Å²) >= 11 is 0. The number of piperazine rings is 1. The highest BCUT2D eigenvalue weighted by Gasteiger charge is 2.28. The Morgan fingerprint density at radius 1 is 1.09 bits per heavy atom. The molecular formula is C24H27N5O4S. The van der Waals surface area contributed by atoms with Gasteiger partial charge in [0.25, 0.3) is 0 Å². The van der Waals surface area contributed by atoms with Crippen molar-refractivity contribution in [2.75, 3.05) is 36.4 Å². The zero-order chi connectivity index (χ0) is 24.1. The summed E-state index contributed by atoms with van der Waals surface area (Å²) in [6.07, 6.45) is 5.57. The van der Waals surface area contributed by atoms with Crippen molar-refractivity contribution >= 4 is 39.6 Å². The van der Waals surface area contributed by atoms with E-state index in [9.17, 15) is 13.2 Å². The summed E-state index contributed by atoms with van der Waals surface area (Å²) in [6, 6.07) is 12.4. The quantitative estimate of drug-likeness (QED) is 0.551. The molecule has 1 saturated heterocycles. The van der Waals surface area contributed by atoms with Crippen LogP contribution in [0, 0.1) is 6.92 Å². The number of hydrogen-bond donors (Lipinski definition) is 1. The number of hydrogen-bond acceptors (Lipinski definition) is 7. The van der Waals surface area contributed by atoms with E-state index >= 15 is 0 Å². The van der Waals surface area contributed by atoms with Crippen LogP contribution in [0.5, 0.6) is 0 Å². The third-order valence-electron chi connectivity index (χ3n) is 5.63. The molecule has 1 fully saturated rings. The smallest absolute Gasteiger partial charge is 0.243 e. The minimum Gasteiger partial charge on any atom is -0.354 e. The number of sulfonamides is 1. The van der Waals surface area contributed by atoms with Gasteiger partial charge in [0.1, 0.15) is 17.2 Å². The van der Waals surface area contributed by atoms with E-state index in [-0.39, 0.29) is 10.8 Å². The molecule has 0 radical (unpaired) electrons. The topological polar surface area (TPSA) is 109 Å². The Labute approximate surface area is 199 Å². The second kappa shape index (κ2) is 10.2. The van der Waals surface area contributed by atoms with Gasteiger partial charge in [-0.25, -0.2) is 13.4 Å². The molecule has 3 heterocycles. The van der Waals surface area contributed by atoms with Crippen LogP contribution >= 0.6 is 0 Å². The highest BCUT2D eigenvalue weighted by atomic mass is 32.2. The average Bonchev–Trinajstić information content (AvgIpc) is 3.22. The highest BCUT2D eigenvalue weighted by Crippen LogP contribution is 2.24. The highest BCUT2D eigenvalue weighted by molar-refractivity contribution is 7.89. The van der Waals surface area contributed by atoms with E-state index in [4.69, 9.17) is 4.52 Å². The molecule has 0 atom stereocenters. The molecule has 0 bridgehead atoms. The fraction of sp³-hybridized carbons (Fsp3) is 0.292. The van der Waals surface area contributed by atoms with E-state index in [0.717, 1.165) is 11.4 Å². The second-order valence-corrected chi connectivity index (χ2v) is 9.83. The number of aryl methyl sites for hydroxylation is 1. The zero-order valence-electron chi connectivity index (χ0n) is 19.1. The van der Waals surface area contributed by atoms with Crippen molar-refractivity contribution in [3.8, 4) is 0 Å². The Bertz CT molecular complexity index is 1260. The van der Waals surface area contributed by atoms with Gasteiger partial charge in [-0.2, -0.15) is 4.31 Å². The number of rotatable bonds is 7. The van der Waals surface area contributed by atoms with Crippen LogP contribution in [0.25, 0.3) is 12.2 Å². The van der Waals surface area contributed by atoms with Crippen molar-refractivity contribution in [1.29, 1.82) is 0 Å². The molecule has 1 aliphatic rings. The third kappa shape index (κ3) is 5.18. The number of carbonyl (C=O) groups is 1. The summed E-state index contributed by atoms with van der Waals surface area (Å²) in [5.74, 6) is 1.16. The minimum absolute atomic E-state index is 0.128. The molecular weight excluding hydrogens is 454 g/mol. The summed E-state index contributed by atoms with van der Waals surface area (Å²) in [7, 11) is -3.59. The Kier molecular flexibility index (Phi) is 7.09. The van der Waals surface area contributed by atoms with Gasteiger partial charge in [0, 0.05) is 38.8 Å². The van der Waals surface area contributed by atoms with Crippen molar-refractivity contribution in [1.82, 2.24) is 14.4 Å². The normalized spacial score (nSPS) is 15.1. The second-order valence-electron chi connectivity index (χ2n) is 7.89. The Morgan fingerprint density at radius 3 is 2.47 bits per heavy atom. The standard InChI is InChI=1S/C24H27N5O4S/c1-3-23(30)26-24-18(2)27-33-21(24)12-9-19-7-10-20(11-8-19)34(31,32)29-16-14-28(15-17-29)22-6-4-5-13-25-22/h4-13H,3,14-17H2,1-2H3,(H,26,30)/b12-9-. The predicted molar refractivity (Wildman–Crippen MR) is 131 cm³/mol. The monoisotopic (exact) mass is 481 g/mol. The summed E-state index contributed by atoms with van der Waals surface area (Å²) in [4.78, 5) is 18.4. The molecule has 4 rings (SSSR count). The molecule has 1 aromatic carbocycles. The largest absolute Gasteiger partial charge is 0.354 e. The zero-order valence-corrected chi connectivity index (χ0v) is 20.0. The molecule has 0 unspecified atom stereocenters. The number of benzene rings is 1. The lowest BCUT2D eigenvalue weighted by molar-refractivity contribution is -0.115. The third-order valence-corrected chi connectivity index (χ3v) is 7.54. The van der Waals surface area contributed by atoms with Crippen LogP contribution in [-0.2, 0) is 14.8 Å². The van der Waals surface area contributed by atoms with Crippen LogP contribution in [0.3, 0.4) is 0 Å². The Balaban J connectivity index is 1.42. The first-order valence-corrected chi connectivity index (χ1v) is 12.5. The van der Waals surface area contributed by atoms with Crippen LogP contribution < -0.4 is 10.2 Å². The van der Waals surface area contributed by atoms with Gasteiger partial charge < -0.3 is 14.7 Å². The molecule has 0 aliphatic carbocycles. The van der Waals surface area contributed by atoms with E-state index < -0.39 is 10.0 Å². The first-order chi connectivity index (χ1) is 16.4. The van der Waals surface area contributed by atoms with Crippen molar-refractivity contribution in [2.24, 2.45) is 0 Å². The lowest BCUT2D eigenvalue weighted by Gasteiger charge is -2.34. The number of anilines is 2. The lowest BCUT2D eigenvalue weighted by Crippen LogP contribution is -2.48. The molecule has 1 aliphatic heterocycles. The van der Waals surface area contributed by atoms with E-state index in [2.05, 4.69) is 20.4 Å². The van der Waals surface area contributed by atoms with Crippen LogP contribution in [0.2, 0.25) is 0 Å². The summed E-state index contributed by atoms with van der Waals surface area (Å²) < 4.78 is 33.0. The van der Waals surface area contributed by atoms with Crippen LogP contribution in [0.1, 0.15) is 30.4 Å². The van der Waals surface area contributed by atoms with Gasteiger partial charge in [-0.3, -0.25) is 4.79 Å². The number of nitrogens with one attached hydrogen (secondary N) is 1. The predicted octanol–water partition coefficient (Wildman–Crippen LogP) is 3.41. The first kappa shape index (κ1) is 23.7. The van der Waals surface area contributed by atoms with Crippen molar-refractivity contribution in [3.05, 3.63) is 65.7 Å². The Hall–Kier alpha value is -3.50. The number of amides is 1. The number of carbonyl (C=O) groups excluding carboxylic acids is 1. The van der Waals surface area contributed by atoms with Crippen LogP contribution in [0.15, 0.2) is 58.1 Å². The van der Waals surface area contributed by atoms with Gasteiger partial charge in [-0.15, -0.1) is 0 Å². The SMILES string of the molecule is CCC(=O)Nc1c(C)noc1/C=C\c1ccc(S(=O)(=O)N2CCN(c3ccccn3)CC2)cc1. The van der Waals surface area contributed by atoms with Gasteiger partial charge in [0.2, 0.25) is 15.9 Å². The maximum Gasteiger partial charge on any atom is 0.243 e. The molecule has 2 aromatic heterocycles. The molecule has 3 aromatic rings. The lowest BCUT2D eigenvalue weighted by atomic mass is 10.2. The van der Waals surface area contributed by atoms with Crippen molar-refractivity contribution < 1.29 is 17.7 Å². The minimum atomic E-state index is -3.59. The fourth-order valence-corrected chi connectivity index (χ4v) is 5.07. The summed E-state index contributed by atoms with van der Waals surface area (Å²) in [5.41, 5.74) is 1.92. The number of pyridine rings is 1. The molecule has 0 saturated carbocycles. The summed E-state index contributed by atoms with van der Waals surface area (Å²) in [5, 5.41) is 6.69. The molecule has 1 amide bonds. The molecule has 10 heteroatoms. The van der Waals surface area contributed by atoms with Gasteiger partial charge in [0.05, 0.1) is 4.90 Å². The van der Waals surface area contributed by atoms with Crippen LogP contribution in [-0.4, -0.2) is 54.9 Å². The molecule has 0 spiro atoms. The van der Waals surface area contributed by atoms with Gasteiger partial charge in [-0.1, -0.05) is 36.4 Å². The molecule has 1 N–H and O–H groups in total. The van der Waals surface area contributed by atoms with Crippen molar-refractivity contribution in [3.63, 3.8) is 0 Å². The maximum atomic E-state index is 13.1. The number of aromatic nitrogens is 2. The van der Waals surface area contributed by atoms with Gasteiger partial charge in [-0.05, 0) is 42.8 Å². The first-order valence-electron chi connectivity index (χ1n) is 11.1. The molecule has 178 valence electrons. The molecule has 34 heavy (non-hydrogen) atoms. The fourth-order valence-electron chi connectivity index (χ4n) is 3.65.